The lowest BCUT2D eigenvalue weighted by Gasteiger charge is -2.08. The molecule has 0 unspecified atom stereocenters. The zero-order chi connectivity index (χ0) is 11.9. The summed E-state index contributed by atoms with van der Waals surface area (Å²) < 4.78 is 38.0. The lowest BCUT2D eigenvalue weighted by atomic mass is 10.1. The number of nitrogens with zero attached hydrogens (tertiary/aromatic N) is 1. The molecule has 0 aliphatic rings. The summed E-state index contributed by atoms with van der Waals surface area (Å²) in [5, 5.41) is 0.959. The summed E-state index contributed by atoms with van der Waals surface area (Å²) in [4.78, 5) is 3.92. The van der Waals surface area contributed by atoms with Crippen LogP contribution < -0.4 is 0 Å². The van der Waals surface area contributed by atoms with Crippen molar-refractivity contribution in [3.8, 4) is 0 Å². The van der Waals surface area contributed by atoms with Gasteiger partial charge in [-0.3, -0.25) is 4.98 Å². The largest absolute Gasteiger partial charge is 0.416 e. The molecule has 0 spiro atoms. The Morgan fingerprint density at radius 2 is 1.94 bits per heavy atom. The molecule has 0 saturated carbocycles. The first kappa shape index (κ1) is 11.9. The Hall–Kier alpha value is -0.560. The standard InChI is InChI=1S/C10H4ClF3IN/c11-9-6-2-1-5(10(12,13)14)3-8(6)16-4-7(9)15/h1-4H. The molecule has 1 aromatic carbocycles. The average molecular weight is 358 g/mol. The van der Waals surface area contributed by atoms with Gasteiger partial charge in [0.2, 0.25) is 0 Å². The molecule has 1 aromatic heterocycles. The van der Waals surface area contributed by atoms with Gasteiger partial charge >= 0.3 is 6.18 Å². The van der Waals surface area contributed by atoms with Crippen molar-refractivity contribution in [2.45, 2.75) is 6.18 Å². The molecule has 2 rings (SSSR count). The fourth-order valence-electron chi connectivity index (χ4n) is 1.31. The lowest BCUT2D eigenvalue weighted by molar-refractivity contribution is -0.137. The Morgan fingerprint density at radius 3 is 2.56 bits per heavy atom. The molecule has 1 heterocycles. The van der Waals surface area contributed by atoms with Gasteiger partial charge in [0.25, 0.3) is 0 Å². The second-order valence-corrected chi connectivity index (χ2v) is 4.69. The highest BCUT2D eigenvalue weighted by atomic mass is 127. The fourth-order valence-corrected chi connectivity index (χ4v) is 1.95. The van der Waals surface area contributed by atoms with Crippen molar-refractivity contribution in [2.75, 3.05) is 0 Å². The normalized spacial score (nSPS) is 12.1. The van der Waals surface area contributed by atoms with Crippen LogP contribution in [0.15, 0.2) is 24.4 Å². The first-order chi connectivity index (χ1) is 7.39. The summed E-state index contributed by atoms with van der Waals surface area (Å²) in [7, 11) is 0. The van der Waals surface area contributed by atoms with Gasteiger partial charge in [0.15, 0.2) is 0 Å². The smallest absolute Gasteiger partial charge is 0.255 e. The minimum absolute atomic E-state index is 0.250. The topological polar surface area (TPSA) is 12.9 Å². The van der Waals surface area contributed by atoms with Crippen LogP contribution in [0, 0.1) is 3.57 Å². The van der Waals surface area contributed by atoms with Crippen molar-refractivity contribution < 1.29 is 13.2 Å². The third-order valence-electron chi connectivity index (χ3n) is 2.09. The molecule has 16 heavy (non-hydrogen) atoms. The van der Waals surface area contributed by atoms with E-state index in [1.807, 2.05) is 22.6 Å². The minimum Gasteiger partial charge on any atom is -0.255 e. The van der Waals surface area contributed by atoms with Crippen molar-refractivity contribution in [3.63, 3.8) is 0 Å². The van der Waals surface area contributed by atoms with Gasteiger partial charge in [-0.05, 0) is 34.7 Å². The van der Waals surface area contributed by atoms with Crippen LogP contribution in [0.4, 0.5) is 13.2 Å². The van der Waals surface area contributed by atoms with Crippen molar-refractivity contribution in [1.29, 1.82) is 0 Å². The van der Waals surface area contributed by atoms with E-state index in [4.69, 9.17) is 11.6 Å². The summed E-state index contributed by atoms with van der Waals surface area (Å²) in [6.45, 7) is 0. The Bertz CT molecular complexity index is 553. The molecule has 0 N–H and O–H groups in total. The molecule has 0 fully saturated rings. The van der Waals surface area contributed by atoms with E-state index in [0.717, 1.165) is 12.1 Å². The van der Waals surface area contributed by atoms with Gasteiger partial charge in [-0.1, -0.05) is 17.7 Å². The monoisotopic (exact) mass is 357 g/mol. The number of benzene rings is 1. The fraction of sp³-hybridized carbons (Fsp3) is 0.100. The van der Waals surface area contributed by atoms with Crippen molar-refractivity contribution in [1.82, 2.24) is 4.98 Å². The third kappa shape index (κ3) is 2.10. The van der Waals surface area contributed by atoms with Crippen molar-refractivity contribution in [3.05, 3.63) is 38.6 Å². The van der Waals surface area contributed by atoms with E-state index in [9.17, 15) is 13.2 Å². The second kappa shape index (κ2) is 4.03. The maximum Gasteiger partial charge on any atom is 0.416 e. The van der Waals surface area contributed by atoms with Crippen LogP contribution in [-0.2, 0) is 6.18 Å². The molecule has 2 aromatic rings. The first-order valence-corrected chi connectivity index (χ1v) is 5.66. The summed E-state index contributed by atoms with van der Waals surface area (Å²) >= 11 is 7.94. The van der Waals surface area contributed by atoms with Crippen LogP contribution in [0.25, 0.3) is 10.9 Å². The number of aromatic nitrogens is 1. The van der Waals surface area contributed by atoms with E-state index in [1.165, 1.54) is 12.3 Å². The highest BCUT2D eigenvalue weighted by Gasteiger charge is 2.30. The van der Waals surface area contributed by atoms with Crippen LogP contribution in [-0.4, -0.2) is 4.98 Å². The molecule has 0 amide bonds. The Balaban J connectivity index is 2.70. The number of fused-ring (bicyclic) bond motifs is 1. The number of hydrogen-bond acceptors (Lipinski definition) is 1. The van der Waals surface area contributed by atoms with Crippen LogP contribution in [0.5, 0.6) is 0 Å². The van der Waals surface area contributed by atoms with Gasteiger partial charge in [-0.15, -0.1) is 0 Å². The molecular formula is C10H4ClF3IN. The first-order valence-electron chi connectivity index (χ1n) is 4.20. The van der Waals surface area contributed by atoms with E-state index in [1.54, 1.807) is 0 Å². The van der Waals surface area contributed by atoms with E-state index in [-0.39, 0.29) is 5.52 Å². The molecule has 0 radical (unpaired) electrons. The molecule has 84 valence electrons. The van der Waals surface area contributed by atoms with E-state index < -0.39 is 11.7 Å². The molecule has 1 nitrogen and oxygen atoms in total. The maximum atomic E-state index is 12.4. The number of alkyl halides is 3. The molecular weight excluding hydrogens is 353 g/mol. The molecule has 0 saturated heterocycles. The minimum atomic E-state index is -4.36. The maximum absolute atomic E-state index is 12.4. The number of halogens is 5. The van der Waals surface area contributed by atoms with Crippen LogP contribution in [0.3, 0.4) is 0 Å². The van der Waals surface area contributed by atoms with Crippen LogP contribution in [0.2, 0.25) is 5.02 Å². The quantitative estimate of drug-likeness (QED) is 0.632. The zero-order valence-corrected chi connectivity index (χ0v) is 10.6. The summed E-state index contributed by atoms with van der Waals surface area (Å²) in [6, 6.07) is 3.35. The van der Waals surface area contributed by atoms with Crippen molar-refractivity contribution >= 4 is 45.1 Å². The van der Waals surface area contributed by atoms with Crippen LogP contribution in [0.1, 0.15) is 5.56 Å². The molecule has 0 aliphatic heterocycles. The van der Waals surface area contributed by atoms with Gasteiger partial charge < -0.3 is 0 Å². The van der Waals surface area contributed by atoms with Gasteiger partial charge in [0, 0.05) is 11.6 Å². The van der Waals surface area contributed by atoms with Gasteiger partial charge in [0.1, 0.15) is 0 Å². The zero-order valence-electron chi connectivity index (χ0n) is 7.65. The molecule has 0 bridgehead atoms. The Labute approximate surface area is 108 Å². The molecule has 0 atom stereocenters. The molecule has 6 heteroatoms. The van der Waals surface area contributed by atoms with Gasteiger partial charge in [-0.25, -0.2) is 0 Å². The summed E-state index contributed by atoms with van der Waals surface area (Å²) in [5.74, 6) is 0. The predicted molar refractivity (Wildman–Crippen MR) is 64.5 cm³/mol. The Kier molecular flexibility index (Phi) is 3.00. The second-order valence-electron chi connectivity index (χ2n) is 3.15. The Morgan fingerprint density at radius 1 is 1.25 bits per heavy atom. The lowest BCUT2D eigenvalue weighted by Crippen LogP contribution is -2.04. The average Bonchev–Trinajstić information content (AvgIpc) is 2.22. The number of hydrogen-bond donors (Lipinski definition) is 0. The van der Waals surface area contributed by atoms with E-state index in [0.29, 0.717) is 14.0 Å². The van der Waals surface area contributed by atoms with E-state index in [2.05, 4.69) is 4.98 Å². The van der Waals surface area contributed by atoms with Crippen LogP contribution >= 0.6 is 34.2 Å². The van der Waals surface area contributed by atoms with Gasteiger partial charge in [0.05, 0.1) is 19.7 Å². The third-order valence-corrected chi connectivity index (χ3v) is 3.63. The molecule has 0 aliphatic carbocycles. The summed E-state index contributed by atoms with van der Waals surface area (Å²) in [5.41, 5.74) is -0.468. The number of pyridine rings is 1. The predicted octanol–water partition coefficient (Wildman–Crippen LogP) is 4.51. The van der Waals surface area contributed by atoms with Crippen molar-refractivity contribution in [2.24, 2.45) is 0 Å². The SMILES string of the molecule is FC(F)(F)c1ccc2c(Cl)c(I)cnc2c1. The van der Waals surface area contributed by atoms with Gasteiger partial charge in [-0.2, -0.15) is 13.2 Å². The van der Waals surface area contributed by atoms with E-state index >= 15 is 0 Å². The number of rotatable bonds is 0. The summed E-state index contributed by atoms with van der Waals surface area (Å²) in [6.07, 6.45) is -2.91. The highest BCUT2D eigenvalue weighted by Crippen LogP contribution is 2.33. The highest BCUT2D eigenvalue weighted by molar-refractivity contribution is 14.1.